The molecule has 0 radical (unpaired) electrons. The van der Waals surface area contributed by atoms with E-state index in [1.165, 1.54) is 167 Å². The Labute approximate surface area is 221 Å². The molecule has 1 nitrogen and oxygen atoms in total. The Kier molecular flexibility index (Phi) is 22.8. The van der Waals surface area contributed by atoms with Crippen LogP contribution in [0, 0.1) is 0 Å². The van der Waals surface area contributed by atoms with Gasteiger partial charge in [0.25, 0.3) is 0 Å². The third kappa shape index (κ3) is 19.0. The van der Waals surface area contributed by atoms with Crippen LogP contribution in [0.25, 0.3) is 0 Å². The van der Waals surface area contributed by atoms with Crippen LogP contribution in [0.1, 0.15) is 180 Å². The van der Waals surface area contributed by atoms with Gasteiger partial charge in [0.2, 0.25) is 0 Å². The van der Waals surface area contributed by atoms with Crippen molar-refractivity contribution in [3.8, 4) is 0 Å². The van der Waals surface area contributed by atoms with Crippen LogP contribution >= 0.6 is 0 Å². The van der Waals surface area contributed by atoms with E-state index in [4.69, 9.17) is 0 Å². The second-order valence-electron chi connectivity index (χ2n) is 11.3. The lowest BCUT2D eigenvalue weighted by Gasteiger charge is -2.09. The molecule has 1 heterocycles. The molecule has 0 aliphatic carbocycles. The van der Waals surface area contributed by atoms with Crippen molar-refractivity contribution in [1.29, 1.82) is 0 Å². The fraction of sp³-hybridized carbons (Fsp3) is 0.853. The van der Waals surface area contributed by atoms with E-state index in [1.807, 2.05) is 0 Å². The summed E-state index contributed by atoms with van der Waals surface area (Å²) in [5.41, 5.74) is 3.25. The monoisotopic (exact) mass is 487 g/mol. The minimum absolute atomic E-state index is 1.20. The van der Waals surface area contributed by atoms with Gasteiger partial charge < -0.3 is 0 Å². The molecule has 0 aliphatic rings. The molecule has 1 rings (SSSR count). The van der Waals surface area contributed by atoms with Gasteiger partial charge in [0.15, 0.2) is 12.4 Å². The largest absolute Gasteiger partial charge is 0.205 e. The molecule has 0 saturated carbocycles. The molecule has 0 saturated heterocycles. The average Bonchev–Trinajstić information content (AvgIpc) is 2.87. The highest BCUT2D eigenvalue weighted by atomic mass is 14.9. The predicted molar refractivity (Wildman–Crippen MR) is 157 cm³/mol. The zero-order chi connectivity index (χ0) is 25.2. The van der Waals surface area contributed by atoms with Crippen LogP contribution in [0.3, 0.4) is 0 Å². The maximum atomic E-state index is 2.49. The summed E-state index contributed by atoms with van der Waals surface area (Å²) in [5, 5.41) is 0. The van der Waals surface area contributed by atoms with Crippen molar-refractivity contribution < 1.29 is 4.57 Å². The van der Waals surface area contributed by atoms with Crippen molar-refractivity contribution >= 4 is 0 Å². The van der Waals surface area contributed by atoms with Crippen LogP contribution < -0.4 is 4.57 Å². The van der Waals surface area contributed by atoms with Crippen LogP contribution in [0.5, 0.6) is 0 Å². The van der Waals surface area contributed by atoms with Gasteiger partial charge in [0, 0.05) is 18.1 Å². The Morgan fingerprint density at radius 3 is 1.26 bits per heavy atom. The molecule has 0 atom stereocenters. The lowest BCUT2D eigenvalue weighted by Crippen LogP contribution is -2.33. The lowest BCUT2D eigenvalue weighted by molar-refractivity contribution is -0.697. The first-order valence-corrected chi connectivity index (χ1v) is 16.3. The molecule has 0 N–H and O–H groups in total. The first kappa shape index (κ1) is 32.2. The number of rotatable bonds is 26. The molecule has 0 spiro atoms. The van der Waals surface area contributed by atoms with Gasteiger partial charge in [-0.1, -0.05) is 143 Å². The summed E-state index contributed by atoms with van der Waals surface area (Å²) < 4.78 is 2.48. The topological polar surface area (TPSA) is 3.88 Å². The molecule has 0 bridgehead atoms. The molecule has 0 aromatic carbocycles. The number of aromatic nitrogens is 1. The first-order chi connectivity index (χ1) is 17.3. The van der Waals surface area contributed by atoms with Gasteiger partial charge in [-0.15, -0.1) is 0 Å². The molecule has 0 fully saturated rings. The van der Waals surface area contributed by atoms with Gasteiger partial charge in [0.1, 0.15) is 6.54 Å². The third-order valence-corrected chi connectivity index (χ3v) is 7.82. The number of hydrogen-bond acceptors (Lipinski definition) is 0. The van der Waals surface area contributed by atoms with E-state index < -0.39 is 0 Å². The Morgan fingerprint density at radius 1 is 0.429 bits per heavy atom. The second-order valence-corrected chi connectivity index (χ2v) is 11.3. The van der Waals surface area contributed by atoms with Crippen LogP contribution in [-0.4, -0.2) is 0 Å². The number of hydrogen-bond donors (Lipinski definition) is 0. The first-order valence-electron chi connectivity index (χ1n) is 16.3. The highest BCUT2D eigenvalue weighted by Crippen LogP contribution is 2.16. The van der Waals surface area contributed by atoms with Crippen LogP contribution in [0.15, 0.2) is 18.5 Å². The van der Waals surface area contributed by atoms with Crippen LogP contribution in [-0.2, 0) is 19.4 Å². The van der Waals surface area contributed by atoms with Crippen LogP contribution in [0.2, 0.25) is 0 Å². The standard InChI is InChI=1S/C34H64N/c1-4-7-10-11-12-13-14-15-16-17-18-19-20-21-22-23-26-30-35-31-29-33(27-24-8-5-2)34(32-35)28-25-9-6-3/h29,31-32H,4-28,30H2,1-3H3/q+1. The van der Waals surface area contributed by atoms with Gasteiger partial charge in [0.05, 0.1) is 0 Å². The quantitative estimate of drug-likeness (QED) is 0.0905. The van der Waals surface area contributed by atoms with Crippen molar-refractivity contribution in [3.63, 3.8) is 0 Å². The maximum Gasteiger partial charge on any atom is 0.172 e. The van der Waals surface area contributed by atoms with E-state index in [1.54, 1.807) is 11.1 Å². The smallest absolute Gasteiger partial charge is 0.172 e. The molecule has 1 aromatic heterocycles. The fourth-order valence-corrected chi connectivity index (χ4v) is 5.38. The van der Waals surface area contributed by atoms with E-state index >= 15 is 0 Å². The molecule has 0 unspecified atom stereocenters. The van der Waals surface area contributed by atoms with E-state index in [2.05, 4.69) is 43.8 Å². The van der Waals surface area contributed by atoms with Crippen molar-refractivity contribution in [2.24, 2.45) is 0 Å². The molecule has 35 heavy (non-hydrogen) atoms. The Balaban J connectivity index is 2.04. The van der Waals surface area contributed by atoms with Gasteiger partial charge in [-0.2, -0.15) is 0 Å². The molecular weight excluding hydrogens is 422 g/mol. The summed E-state index contributed by atoms with van der Waals surface area (Å²) in [6, 6.07) is 2.44. The molecule has 0 aliphatic heterocycles. The second kappa shape index (κ2) is 24.8. The van der Waals surface area contributed by atoms with Crippen molar-refractivity contribution in [3.05, 3.63) is 29.6 Å². The van der Waals surface area contributed by atoms with E-state index in [-0.39, 0.29) is 0 Å². The summed E-state index contributed by atoms with van der Waals surface area (Å²) in [7, 11) is 0. The van der Waals surface area contributed by atoms with Crippen molar-refractivity contribution in [1.82, 2.24) is 0 Å². The third-order valence-electron chi connectivity index (χ3n) is 7.82. The van der Waals surface area contributed by atoms with Gasteiger partial charge in [-0.25, -0.2) is 4.57 Å². The minimum Gasteiger partial charge on any atom is -0.205 e. The lowest BCUT2D eigenvalue weighted by atomic mass is 9.99. The Morgan fingerprint density at radius 2 is 0.800 bits per heavy atom. The Bertz CT molecular complexity index is 564. The van der Waals surface area contributed by atoms with Gasteiger partial charge >= 0.3 is 0 Å². The van der Waals surface area contributed by atoms with E-state index in [9.17, 15) is 0 Å². The summed E-state index contributed by atoms with van der Waals surface area (Å²) in [6.45, 7) is 8.12. The average molecular weight is 487 g/mol. The summed E-state index contributed by atoms with van der Waals surface area (Å²) in [5.74, 6) is 0. The normalized spacial score (nSPS) is 11.4. The number of unbranched alkanes of at least 4 members (excludes halogenated alkanes) is 20. The highest BCUT2D eigenvalue weighted by molar-refractivity contribution is 5.21. The van der Waals surface area contributed by atoms with Gasteiger partial charge in [-0.3, -0.25) is 0 Å². The van der Waals surface area contributed by atoms with E-state index in [0.717, 1.165) is 0 Å². The maximum absolute atomic E-state index is 2.49. The number of nitrogens with zero attached hydrogens (tertiary/aromatic N) is 1. The molecule has 0 amide bonds. The SMILES string of the molecule is CCCCCCCCCCCCCCCCCCC[n+]1ccc(CCCCC)c(CCCCC)c1. The highest BCUT2D eigenvalue weighted by Gasteiger charge is 2.09. The van der Waals surface area contributed by atoms with Crippen molar-refractivity contribution in [2.75, 3.05) is 0 Å². The zero-order valence-electron chi connectivity index (χ0n) is 24.6. The van der Waals surface area contributed by atoms with Gasteiger partial charge in [-0.05, 0) is 37.7 Å². The van der Waals surface area contributed by atoms with E-state index in [0.29, 0.717) is 0 Å². The molecular formula is C34H64N+. The molecule has 1 heteroatoms. The number of aryl methyl sites for hydroxylation is 3. The summed E-state index contributed by atoms with van der Waals surface area (Å²) >= 11 is 0. The Hall–Kier alpha value is -0.850. The molecule has 1 aromatic rings. The minimum atomic E-state index is 1.20. The zero-order valence-corrected chi connectivity index (χ0v) is 24.6. The number of pyridine rings is 1. The molecule has 204 valence electrons. The van der Waals surface area contributed by atoms with Crippen LogP contribution in [0.4, 0.5) is 0 Å². The summed E-state index contributed by atoms with van der Waals surface area (Å²) in [4.78, 5) is 0. The summed E-state index contributed by atoms with van der Waals surface area (Å²) in [6.07, 6.45) is 40.0. The van der Waals surface area contributed by atoms with Crippen molar-refractivity contribution in [2.45, 2.75) is 188 Å². The fourth-order valence-electron chi connectivity index (χ4n) is 5.38. The predicted octanol–water partition coefficient (Wildman–Crippen LogP) is 11.1.